The van der Waals surface area contributed by atoms with Crippen LogP contribution < -0.4 is 22.1 Å². The second kappa shape index (κ2) is 7.49. The van der Waals surface area contributed by atoms with E-state index in [0.29, 0.717) is 22.7 Å². The van der Waals surface area contributed by atoms with Crippen LogP contribution in [0.15, 0.2) is 66.7 Å². The van der Waals surface area contributed by atoms with Crippen molar-refractivity contribution < 1.29 is 14.7 Å². The molecule has 7 heteroatoms. The molecule has 3 rings (SSSR count). The molecule has 7 nitrogen and oxygen atoms in total. The number of nitrogen functional groups attached to an aromatic ring is 2. The molecule has 136 valence electrons. The van der Waals surface area contributed by atoms with Crippen LogP contribution in [0.3, 0.4) is 0 Å². The summed E-state index contributed by atoms with van der Waals surface area (Å²) in [5.41, 5.74) is 13.8. The summed E-state index contributed by atoms with van der Waals surface area (Å²) in [6, 6.07) is 17.2. The molecule has 0 aliphatic rings. The lowest BCUT2D eigenvalue weighted by atomic mass is 10.1. The first-order valence-corrected chi connectivity index (χ1v) is 8.08. The van der Waals surface area contributed by atoms with Crippen LogP contribution in [0.1, 0.15) is 20.7 Å². The van der Waals surface area contributed by atoms with E-state index in [-0.39, 0.29) is 16.9 Å². The summed E-state index contributed by atoms with van der Waals surface area (Å²) in [5.74, 6) is -1.11. The highest BCUT2D eigenvalue weighted by molar-refractivity contribution is 6.09. The Hall–Kier alpha value is -4.00. The Morgan fingerprint density at radius 3 is 1.41 bits per heavy atom. The minimum Gasteiger partial charge on any atom is -0.508 e. The van der Waals surface area contributed by atoms with Crippen molar-refractivity contribution in [1.82, 2.24) is 0 Å². The topological polar surface area (TPSA) is 130 Å². The van der Waals surface area contributed by atoms with Crippen LogP contribution in [0.2, 0.25) is 0 Å². The second-order valence-electron chi connectivity index (χ2n) is 5.92. The molecule has 0 aliphatic carbocycles. The second-order valence-corrected chi connectivity index (χ2v) is 5.92. The molecule has 0 heterocycles. The number of benzene rings is 3. The number of rotatable bonds is 4. The normalized spacial score (nSPS) is 10.2. The number of hydrogen-bond donors (Lipinski definition) is 5. The van der Waals surface area contributed by atoms with Gasteiger partial charge in [-0.2, -0.15) is 0 Å². The van der Waals surface area contributed by atoms with Gasteiger partial charge in [0.15, 0.2) is 0 Å². The van der Waals surface area contributed by atoms with Crippen molar-refractivity contribution in [3.8, 4) is 5.75 Å². The minimum atomic E-state index is -0.461. The molecule has 0 saturated heterocycles. The molecule has 0 bridgehead atoms. The van der Waals surface area contributed by atoms with Crippen molar-refractivity contribution in [2.75, 3.05) is 22.1 Å². The third-order valence-electron chi connectivity index (χ3n) is 3.78. The van der Waals surface area contributed by atoms with E-state index in [1.807, 2.05) is 0 Å². The van der Waals surface area contributed by atoms with Gasteiger partial charge in [0.05, 0.1) is 0 Å². The Morgan fingerprint density at radius 1 is 0.667 bits per heavy atom. The van der Waals surface area contributed by atoms with Crippen LogP contribution in [-0.2, 0) is 0 Å². The van der Waals surface area contributed by atoms with Gasteiger partial charge < -0.3 is 27.2 Å². The van der Waals surface area contributed by atoms with Crippen molar-refractivity contribution in [3.63, 3.8) is 0 Å². The lowest BCUT2D eigenvalue weighted by Gasteiger charge is -2.09. The van der Waals surface area contributed by atoms with E-state index in [4.69, 9.17) is 11.5 Å². The molecule has 3 aromatic rings. The zero-order valence-electron chi connectivity index (χ0n) is 14.3. The maximum atomic E-state index is 12.4. The fraction of sp³-hybridized carbons (Fsp3) is 0. The maximum Gasteiger partial charge on any atom is 0.255 e. The molecule has 0 spiro atoms. The zero-order chi connectivity index (χ0) is 19.4. The number of carbonyl (C=O) groups excluding carboxylic acids is 2. The number of amides is 2. The van der Waals surface area contributed by atoms with Crippen molar-refractivity contribution in [2.45, 2.75) is 0 Å². The van der Waals surface area contributed by atoms with Crippen LogP contribution in [0.5, 0.6) is 5.75 Å². The molecule has 27 heavy (non-hydrogen) atoms. The average Bonchev–Trinajstić information content (AvgIpc) is 2.65. The SMILES string of the molecule is Nc1ccc(NC(=O)c2cc(O)cc(C(=O)Nc3ccc(N)cc3)c2)cc1. The number of aromatic hydroxyl groups is 1. The van der Waals surface area contributed by atoms with Crippen molar-refractivity contribution in [3.05, 3.63) is 77.9 Å². The third kappa shape index (κ3) is 4.55. The Labute approximate surface area is 155 Å². The quantitative estimate of drug-likeness (QED) is 0.455. The molecule has 0 aromatic heterocycles. The molecule has 0 unspecified atom stereocenters. The van der Waals surface area contributed by atoms with E-state index >= 15 is 0 Å². The Morgan fingerprint density at radius 2 is 1.04 bits per heavy atom. The van der Waals surface area contributed by atoms with Crippen molar-refractivity contribution in [2.24, 2.45) is 0 Å². The van der Waals surface area contributed by atoms with E-state index in [1.165, 1.54) is 18.2 Å². The fourth-order valence-corrected chi connectivity index (χ4v) is 2.41. The molecule has 0 radical (unpaired) electrons. The number of phenolic OH excluding ortho intramolecular Hbond substituents is 1. The third-order valence-corrected chi connectivity index (χ3v) is 3.78. The molecule has 0 saturated carbocycles. The number of nitrogens with two attached hydrogens (primary N) is 2. The predicted molar refractivity (Wildman–Crippen MR) is 106 cm³/mol. The van der Waals surface area contributed by atoms with Crippen LogP contribution in [0.4, 0.5) is 22.7 Å². The van der Waals surface area contributed by atoms with Gasteiger partial charge in [0.2, 0.25) is 0 Å². The first kappa shape index (κ1) is 17.8. The van der Waals surface area contributed by atoms with E-state index in [0.717, 1.165) is 0 Å². The average molecular weight is 362 g/mol. The highest BCUT2D eigenvalue weighted by Gasteiger charge is 2.14. The summed E-state index contributed by atoms with van der Waals surface area (Å²) in [6.45, 7) is 0. The standard InChI is InChI=1S/C20H18N4O3/c21-14-1-5-16(6-2-14)23-19(26)12-9-13(11-18(25)10-12)20(27)24-17-7-3-15(22)4-8-17/h1-11,25H,21-22H2,(H,23,26)(H,24,27). The number of carbonyl (C=O) groups is 2. The van der Waals surface area contributed by atoms with Crippen molar-refractivity contribution in [1.29, 1.82) is 0 Å². The van der Waals surface area contributed by atoms with Crippen LogP contribution in [0.25, 0.3) is 0 Å². The van der Waals surface area contributed by atoms with E-state index in [2.05, 4.69) is 10.6 Å². The number of hydrogen-bond acceptors (Lipinski definition) is 5. The predicted octanol–water partition coefficient (Wildman–Crippen LogP) is 3.06. The first-order valence-electron chi connectivity index (χ1n) is 8.08. The zero-order valence-corrected chi connectivity index (χ0v) is 14.3. The van der Waals surface area contributed by atoms with Gasteiger partial charge in [-0.3, -0.25) is 9.59 Å². The molecule has 2 amide bonds. The lowest BCUT2D eigenvalue weighted by molar-refractivity contribution is 0.102. The molecule has 0 atom stereocenters. The van der Waals surface area contributed by atoms with Crippen molar-refractivity contribution >= 4 is 34.6 Å². The summed E-state index contributed by atoms with van der Waals surface area (Å²) in [6.07, 6.45) is 0. The summed E-state index contributed by atoms with van der Waals surface area (Å²) in [7, 11) is 0. The highest BCUT2D eigenvalue weighted by atomic mass is 16.3. The largest absolute Gasteiger partial charge is 0.508 e. The monoisotopic (exact) mass is 362 g/mol. The summed E-state index contributed by atoms with van der Waals surface area (Å²) >= 11 is 0. The highest BCUT2D eigenvalue weighted by Crippen LogP contribution is 2.20. The number of anilines is 4. The Kier molecular flexibility index (Phi) is 4.94. The van der Waals surface area contributed by atoms with Gasteiger partial charge >= 0.3 is 0 Å². The van der Waals surface area contributed by atoms with Gasteiger partial charge in [-0.15, -0.1) is 0 Å². The molecule has 0 aliphatic heterocycles. The molecule has 7 N–H and O–H groups in total. The number of nitrogens with one attached hydrogen (secondary N) is 2. The van der Waals surface area contributed by atoms with Crippen LogP contribution in [0, 0.1) is 0 Å². The first-order chi connectivity index (χ1) is 12.9. The number of phenols is 1. The molecular formula is C20H18N4O3. The Balaban J connectivity index is 1.78. The summed E-state index contributed by atoms with van der Waals surface area (Å²) in [5, 5.41) is 15.3. The fourth-order valence-electron chi connectivity index (χ4n) is 2.41. The van der Waals surface area contributed by atoms with Gasteiger partial charge in [0.25, 0.3) is 11.8 Å². The Bertz CT molecular complexity index is 905. The molecule has 3 aromatic carbocycles. The van der Waals surface area contributed by atoms with E-state index in [1.54, 1.807) is 48.5 Å². The van der Waals surface area contributed by atoms with E-state index < -0.39 is 11.8 Å². The van der Waals surface area contributed by atoms with Gasteiger partial charge in [0, 0.05) is 33.9 Å². The molecular weight excluding hydrogens is 344 g/mol. The van der Waals surface area contributed by atoms with Gasteiger partial charge in [0.1, 0.15) is 5.75 Å². The summed E-state index contributed by atoms with van der Waals surface area (Å²) in [4.78, 5) is 24.8. The van der Waals surface area contributed by atoms with Gasteiger partial charge in [-0.25, -0.2) is 0 Å². The van der Waals surface area contributed by atoms with Gasteiger partial charge in [-0.1, -0.05) is 0 Å². The smallest absolute Gasteiger partial charge is 0.255 e. The van der Waals surface area contributed by atoms with Crippen LogP contribution >= 0.6 is 0 Å². The maximum absolute atomic E-state index is 12.4. The molecule has 0 fully saturated rings. The van der Waals surface area contributed by atoms with Gasteiger partial charge in [-0.05, 0) is 66.7 Å². The van der Waals surface area contributed by atoms with E-state index in [9.17, 15) is 14.7 Å². The van der Waals surface area contributed by atoms with Crippen LogP contribution in [-0.4, -0.2) is 16.9 Å². The summed E-state index contributed by atoms with van der Waals surface area (Å²) < 4.78 is 0. The minimum absolute atomic E-state index is 0.147. The lowest BCUT2D eigenvalue weighted by Crippen LogP contribution is -2.15.